The molecule has 1 aliphatic heterocycles. The number of piperidine rings is 1. The van der Waals surface area contributed by atoms with Gasteiger partial charge in [0.1, 0.15) is 6.61 Å². The van der Waals surface area contributed by atoms with E-state index in [1.54, 1.807) is 17.0 Å². The summed E-state index contributed by atoms with van der Waals surface area (Å²) in [4.78, 5) is 14.5. The van der Waals surface area contributed by atoms with Gasteiger partial charge in [-0.2, -0.15) is 8.78 Å². The molecule has 4 nitrogen and oxygen atoms in total. The summed E-state index contributed by atoms with van der Waals surface area (Å²) in [6.45, 7) is 1.54. The number of nitrogens with zero attached hydrogens (tertiary/aromatic N) is 1. The number of thioether (sulfide) groups is 1. The van der Waals surface area contributed by atoms with Crippen LogP contribution in [0, 0.1) is 0 Å². The van der Waals surface area contributed by atoms with Crippen molar-refractivity contribution in [3.05, 3.63) is 60.2 Å². The van der Waals surface area contributed by atoms with Gasteiger partial charge in [0.05, 0.1) is 0 Å². The second-order valence-corrected chi connectivity index (χ2v) is 7.41. The zero-order valence-electron chi connectivity index (χ0n) is 14.8. The standard InChI is InChI=1S/C20H22F2N2O2S/c21-19(22)27-18-8-6-16(7-9-18)23-17-10-12-24(13-11-17)20(25)26-14-15-4-2-1-3-5-15/h1-9,17,19,23H,10-14H2. The van der Waals surface area contributed by atoms with Gasteiger partial charge in [-0.3, -0.25) is 0 Å². The predicted molar refractivity (Wildman–Crippen MR) is 103 cm³/mol. The fourth-order valence-electron chi connectivity index (χ4n) is 2.99. The van der Waals surface area contributed by atoms with Gasteiger partial charge in [-0.1, -0.05) is 42.1 Å². The van der Waals surface area contributed by atoms with Crippen LogP contribution in [-0.2, 0) is 11.3 Å². The van der Waals surface area contributed by atoms with Crippen molar-refractivity contribution in [1.29, 1.82) is 0 Å². The van der Waals surface area contributed by atoms with E-state index in [0.29, 0.717) is 29.7 Å². The Bertz CT molecular complexity index is 721. The van der Waals surface area contributed by atoms with Crippen molar-refractivity contribution in [1.82, 2.24) is 4.90 Å². The fourth-order valence-corrected chi connectivity index (χ4v) is 3.48. The number of ether oxygens (including phenoxy) is 1. The molecule has 0 spiro atoms. The third-order valence-electron chi connectivity index (χ3n) is 4.41. The maximum atomic E-state index is 12.4. The summed E-state index contributed by atoms with van der Waals surface area (Å²) in [6, 6.07) is 16.9. The lowest BCUT2D eigenvalue weighted by Gasteiger charge is -2.32. The number of carbonyl (C=O) groups excluding carboxylic acids is 1. The molecular weight excluding hydrogens is 370 g/mol. The summed E-state index contributed by atoms with van der Waals surface area (Å²) in [7, 11) is 0. The SMILES string of the molecule is O=C(OCc1ccccc1)N1CCC(Nc2ccc(SC(F)F)cc2)CC1. The number of nitrogens with one attached hydrogen (secondary N) is 1. The summed E-state index contributed by atoms with van der Waals surface area (Å²) < 4.78 is 30.1. The maximum absolute atomic E-state index is 12.4. The van der Waals surface area contributed by atoms with E-state index in [9.17, 15) is 13.6 Å². The quantitative estimate of drug-likeness (QED) is 0.685. The molecule has 1 heterocycles. The number of hydrogen-bond acceptors (Lipinski definition) is 4. The molecule has 0 unspecified atom stereocenters. The highest BCUT2D eigenvalue weighted by atomic mass is 32.2. The molecule has 144 valence electrons. The van der Waals surface area contributed by atoms with Crippen molar-refractivity contribution in [2.75, 3.05) is 18.4 Å². The van der Waals surface area contributed by atoms with E-state index in [4.69, 9.17) is 4.74 Å². The van der Waals surface area contributed by atoms with Crippen LogP contribution in [0.25, 0.3) is 0 Å². The van der Waals surface area contributed by atoms with Crippen LogP contribution in [0.1, 0.15) is 18.4 Å². The molecule has 27 heavy (non-hydrogen) atoms. The number of alkyl halides is 2. The van der Waals surface area contributed by atoms with Crippen LogP contribution in [0.5, 0.6) is 0 Å². The van der Waals surface area contributed by atoms with E-state index in [1.807, 2.05) is 42.5 Å². The molecule has 1 aliphatic rings. The van der Waals surface area contributed by atoms with Gasteiger partial charge in [0.2, 0.25) is 0 Å². The molecule has 7 heteroatoms. The van der Waals surface area contributed by atoms with Gasteiger partial charge in [-0.05, 0) is 42.7 Å². The first-order valence-corrected chi connectivity index (χ1v) is 9.75. The number of benzene rings is 2. The molecule has 0 aromatic heterocycles. The van der Waals surface area contributed by atoms with Crippen molar-refractivity contribution < 1.29 is 18.3 Å². The Hall–Kier alpha value is -2.28. The molecule has 3 rings (SSSR count). The maximum Gasteiger partial charge on any atom is 0.410 e. The van der Waals surface area contributed by atoms with Crippen molar-refractivity contribution >= 4 is 23.5 Å². The number of anilines is 1. The first-order chi connectivity index (χ1) is 13.1. The molecule has 1 amide bonds. The predicted octanol–water partition coefficient (Wildman–Crippen LogP) is 5.21. The molecule has 0 bridgehead atoms. The van der Waals surface area contributed by atoms with Crippen LogP contribution in [0.2, 0.25) is 0 Å². The molecule has 1 fully saturated rings. The molecule has 1 N–H and O–H groups in total. The van der Waals surface area contributed by atoms with Gasteiger partial charge in [-0.25, -0.2) is 4.79 Å². The van der Waals surface area contributed by atoms with Crippen LogP contribution in [0.4, 0.5) is 19.3 Å². The van der Waals surface area contributed by atoms with Crippen molar-refractivity contribution in [2.45, 2.75) is 36.1 Å². The van der Waals surface area contributed by atoms with Gasteiger partial charge in [0, 0.05) is 29.7 Å². The van der Waals surface area contributed by atoms with Crippen molar-refractivity contribution in [3.8, 4) is 0 Å². The van der Waals surface area contributed by atoms with E-state index >= 15 is 0 Å². The Labute approximate surface area is 161 Å². The number of rotatable bonds is 6. The Morgan fingerprint density at radius 2 is 1.78 bits per heavy atom. The summed E-state index contributed by atoms with van der Waals surface area (Å²) in [5.74, 6) is -2.41. The Morgan fingerprint density at radius 1 is 1.11 bits per heavy atom. The van der Waals surface area contributed by atoms with E-state index in [1.165, 1.54) is 0 Å². The van der Waals surface area contributed by atoms with Crippen molar-refractivity contribution in [2.24, 2.45) is 0 Å². The lowest BCUT2D eigenvalue weighted by molar-refractivity contribution is 0.0882. The summed E-state index contributed by atoms with van der Waals surface area (Å²) >= 11 is 0.540. The minimum atomic E-state index is -2.41. The third-order valence-corrected chi connectivity index (χ3v) is 5.13. The Morgan fingerprint density at radius 3 is 2.41 bits per heavy atom. The molecular formula is C20H22F2N2O2S. The lowest BCUT2D eigenvalue weighted by Crippen LogP contribution is -2.42. The summed E-state index contributed by atoms with van der Waals surface area (Å²) in [5.41, 5.74) is 1.87. The highest BCUT2D eigenvalue weighted by Gasteiger charge is 2.23. The molecule has 0 aliphatic carbocycles. The molecule has 0 saturated carbocycles. The van der Waals surface area contributed by atoms with Crippen LogP contribution in [0.3, 0.4) is 0 Å². The Balaban J connectivity index is 1.41. The number of carbonyl (C=O) groups is 1. The smallest absolute Gasteiger partial charge is 0.410 e. The molecule has 0 radical (unpaired) electrons. The first-order valence-electron chi connectivity index (χ1n) is 8.87. The van der Waals surface area contributed by atoms with Crippen LogP contribution in [0.15, 0.2) is 59.5 Å². The fraction of sp³-hybridized carbons (Fsp3) is 0.350. The summed E-state index contributed by atoms with van der Waals surface area (Å²) in [6.07, 6.45) is 1.34. The van der Waals surface area contributed by atoms with Crippen LogP contribution in [-0.4, -0.2) is 35.9 Å². The number of amides is 1. The van der Waals surface area contributed by atoms with E-state index in [-0.39, 0.29) is 18.7 Å². The van der Waals surface area contributed by atoms with Gasteiger partial charge in [0.15, 0.2) is 0 Å². The molecule has 1 saturated heterocycles. The number of hydrogen-bond donors (Lipinski definition) is 1. The topological polar surface area (TPSA) is 41.6 Å². The molecule has 2 aromatic rings. The zero-order valence-corrected chi connectivity index (χ0v) is 15.6. The van der Waals surface area contributed by atoms with E-state index in [0.717, 1.165) is 24.1 Å². The van der Waals surface area contributed by atoms with Gasteiger partial charge >= 0.3 is 6.09 Å². The second-order valence-electron chi connectivity index (χ2n) is 6.35. The van der Waals surface area contributed by atoms with Gasteiger partial charge < -0.3 is 15.0 Å². The minimum Gasteiger partial charge on any atom is -0.445 e. The first kappa shape index (κ1) is 19.5. The number of halogens is 2. The van der Waals surface area contributed by atoms with Gasteiger partial charge in [-0.15, -0.1) is 0 Å². The monoisotopic (exact) mass is 392 g/mol. The van der Waals surface area contributed by atoms with E-state index < -0.39 is 5.76 Å². The Kier molecular flexibility index (Phi) is 6.92. The highest BCUT2D eigenvalue weighted by Crippen LogP contribution is 2.27. The largest absolute Gasteiger partial charge is 0.445 e. The average Bonchev–Trinajstić information content (AvgIpc) is 2.69. The highest BCUT2D eigenvalue weighted by molar-refractivity contribution is 7.99. The minimum absolute atomic E-state index is 0.247. The average molecular weight is 392 g/mol. The normalized spacial score (nSPS) is 15.0. The lowest BCUT2D eigenvalue weighted by atomic mass is 10.1. The summed E-state index contributed by atoms with van der Waals surface area (Å²) in [5, 5.41) is 3.40. The second kappa shape index (κ2) is 9.60. The zero-order chi connectivity index (χ0) is 19.1. The van der Waals surface area contributed by atoms with Gasteiger partial charge in [0.25, 0.3) is 5.76 Å². The molecule has 0 atom stereocenters. The van der Waals surface area contributed by atoms with Crippen LogP contribution < -0.4 is 5.32 Å². The van der Waals surface area contributed by atoms with Crippen LogP contribution >= 0.6 is 11.8 Å². The van der Waals surface area contributed by atoms with E-state index in [2.05, 4.69) is 5.32 Å². The molecule has 2 aromatic carbocycles. The number of likely N-dealkylation sites (tertiary alicyclic amines) is 1. The van der Waals surface area contributed by atoms with Crippen molar-refractivity contribution in [3.63, 3.8) is 0 Å². The third kappa shape index (κ3) is 6.13.